The largest absolute Gasteiger partial charge is 0.342 e. The lowest BCUT2D eigenvalue weighted by Gasteiger charge is -2.34. The second-order valence-electron chi connectivity index (χ2n) is 5.43. The van der Waals surface area contributed by atoms with Gasteiger partial charge in [0.25, 0.3) is 0 Å². The van der Waals surface area contributed by atoms with Gasteiger partial charge in [0.2, 0.25) is 5.95 Å². The predicted octanol–water partition coefficient (Wildman–Crippen LogP) is 3.05. The summed E-state index contributed by atoms with van der Waals surface area (Å²) in [5, 5.41) is 0. The Labute approximate surface area is 102 Å². The molecule has 2 heterocycles. The molecule has 1 N–H and O–H groups in total. The number of piperidine rings is 1. The Hall–Kier alpha value is -1.51. The molecule has 0 bridgehead atoms. The highest BCUT2D eigenvalue weighted by Gasteiger charge is 2.23. The fraction of sp³-hybridized carbons (Fsp3) is 0.500. The third-order valence-corrected chi connectivity index (χ3v) is 3.55. The zero-order chi connectivity index (χ0) is 11.8. The Balaban J connectivity index is 1.92. The van der Waals surface area contributed by atoms with Crippen LogP contribution >= 0.6 is 0 Å². The minimum Gasteiger partial charge on any atom is -0.342 e. The van der Waals surface area contributed by atoms with E-state index in [9.17, 15) is 0 Å². The summed E-state index contributed by atoms with van der Waals surface area (Å²) in [6.45, 7) is 6.88. The van der Waals surface area contributed by atoms with E-state index in [0.717, 1.165) is 41.9 Å². The van der Waals surface area contributed by atoms with E-state index in [-0.39, 0.29) is 0 Å². The third-order valence-electron chi connectivity index (χ3n) is 3.55. The normalized spacial score (nSPS) is 25.4. The van der Waals surface area contributed by atoms with Crippen molar-refractivity contribution in [3.8, 4) is 0 Å². The van der Waals surface area contributed by atoms with Crippen molar-refractivity contribution in [2.75, 3.05) is 18.0 Å². The first-order chi connectivity index (χ1) is 8.22. The van der Waals surface area contributed by atoms with Crippen molar-refractivity contribution in [1.82, 2.24) is 9.97 Å². The number of imidazole rings is 1. The molecular weight excluding hydrogens is 210 g/mol. The van der Waals surface area contributed by atoms with Gasteiger partial charge in [-0.3, -0.25) is 0 Å². The fourth-order valence-corrected chi connectivity index (χ4v) is 2.92. The molecule has 0 radical (unpaired) electrons. The molecule has 2 aromatic rings. The van der Waals surface area contributed by atoms with Gasteiger partial charge in [0.1, 0.15) is 0 Å². The van der Waals surface area contributed by atoms with Gasteiger partial charge in [0, 0.05) is 13.1 Å². The number of anilines is 1. The summed E-state index contributed by atoms with van der Waals surface area (Å²) < 4.78 is 0. The first-order valence-electron chi connectivity index (χ1n) is 6.42. The molecule has 0 spiro atoms. The number of H-pyrrole nitrogens is 1. The number of hydrogen-bond donors (Lipinski definition) is 1. The smallest absolute Gasteiger partial charge is 0.203 e. The molecule has 0 aliphatic carbocycles. The second-order valence-corrected chi connectivity index (χ2v) is 5.43. The van der Waals surface area contributed by atoms with Crippen molar-refractivity contribution in [2.24, 2.45) is 11.8 Å². The van der Waals surface area contributed by atoms with E-state index in [1.54, 1.807) is 0 Å². The average Bonchev–Trinajstić information content (AvgIpc) is 2.71. The number of nitrogens with one attached hydrogen (secondary N) is 1. The molecule has 90 valence electrons. The van der Waals surface area contributed by atoms with E-state index in [1.807, 2.05) is 12.1 Å². The van der Waals surface area contributed by atoms with Gasteiger partial charge in [-0.05, 0) is 30.4 Å². The van der Waals surface area contributed by atoms with Crippen LogP contribution in [0.25, 0.3) is 11.0 Å². The van der Waals surface area contributed by atoms with E-state index < -0.39 is 0 Å². The maximum Gasteiger partial charge on any atom is 0.203 e. The van der Waals surface area contributed by atoms with Crippen LogP contribution in [0.2, 0.25) is 0 Å². The van der Waals surface area contributed by atoms with Gasteiger partial charge in [-0.25, -0.2) is 4.98 Å². The van der Waals surface area contributed by atoms with Crippen LogP contribution in [0.3, 0.4) is 0 Å². The monoisotopic (exact) mass is 229 g/mol. The van der Waals surface area contributed by atoms with Gasteiger partial charge in [-0.2, -0.15) is 0 Å². The number of fused-ring (bicyclic) bond motifs is 1. The molecule has 1 saturated heterocycles. The predicted molar refractivity (Wildman–Crippen MR) is 71.3 cm³/mol. The number of nitrogens with zero attached hydrogens (tertiary/aromatic N) is 2. The lowest BCUT2D eigenvalue weighted by atomic mass is 9.92. The Bertz CT molecular complexity index is 474. The Kier molecular flexibility index (Phi) is 2.54. The van der Waals surface area contributed by atoms with Crippen LogP contribution in [-0.4, -0.2) is 23.1 Å². The number of rotatable bonds is 1. The van der Waals surface area contributed by atoms with Gasteiger partial charge >= 0.3 is 0 Å². The lowest BCUT2D eigenvalue weighted by Crippen LogP contribution is -2.39. The number of hydrogen-bond acceptors (Lipinski definition) is 2. The summed E-state index contributed by atoms with van der Waals surface area (Å²) in [4.78, 5) is 10.5. The van der Waals surface area contributed by atoms with Crippen LogP contribution in [0, 0.1) is 11.8 Å². The highest BCUT2D eigenvalue weighted by molar-refractivity contribution is 5.77. The molecule has 1 aromatic heterocycles. The summed E-state index contributed by atoms with van der Waals surface area (Å²) in [5.41, 5.74) is 2.20. The first kappa shape index (κ1) is 10.6. The minimum absolute atomic E-state index is 0.756. The summed E-state index contributed by atoms with van der Waals surface area (Å²) in [5.74, 6) is 2.54. The zero-order valence-electron chi connectivity index (χ0n) is 10.5. The Morgan fingerprint density at radius 3 is 2.59 bits per heavy atom. The standard InChI is InChI=1S/C14H19N3/c1-10-7-11(2)9-17(8-10)14-15-12-5-3-4-6-13(12)16-14/h3-6,10-11H,7-9H2,1-2H3,(H,15,16)/t10-,11-/m1/s1. The molecule has 0 unspecified atom stereocenters. The molecule has 1 aliphatic rings. The molecule has 1 fully saturated rings. The molecule has 0 amide bonds. The molecule has 0 saturated carbocycles. The minimum atomic E-state index is 0.756. The second kappa shape index (κ2) is 4.06. The first-order valence-corrected chi connectivity index (χ1v) is 6.42. The molecule has 1 aromatic carbocycles. The van der Waals surface area contributed by atoms with Gasteiger partial charge in [0.15, 0.2) is 0 Å². The van der Waals surface area contributed by atoms with Crippen LogP contribution < -0.4 is 4.90 Å². The van der Waals surface area contributed by atoms with Crippen molar-refractivity contribution >= 4 is 17.0 Å². The van der Waals surface area contributed by atoms with E-state index >= 15 is 0 Å². The maximum atomic E-state index is 4.68. The van der Waals surface area contributed by atoms with Gasteiger partial charge < -0.3 is 9.88 Å². The quantitative estimate of drug-likeness (QED) is 0.815. The number of aromatic nitrogens is 2. The number of para-hydroxylation sites is 2. The highest BCUT2D eigenvalue weighted by atomic mass is 15.3. The van der Waals surface area contributed by atoms with Gasteiger partial charge in [-0.1, -0.05) is 26.0 Å². The molecular formula is C14H19N3. The average molecular weight is 229 g/mol. The van der Waals surface area contributed by atoms with Crippen LogP contribution in [-0.2, 0) is 0 Å². The van der Waals surface area contributed by atoms with Crippen LogP contribution in [0.4, 0.5) is 5.95 Å². The van der Waals surface area contributed by atoms with Crippen molar-refractivity contribution < 1.29 is 0 Å². The van der Waals surface area contributed by atoms with Gasteiger partial charge in [0.05, 0.1) is 11.0 Å². The van der Waals surface area contributed by atoms with E-state index in [2.05, 4.69) is 40.8 Å². The van der Waals surface area contributed by atoms with Crippen molar-refractivity contribution in [1.29, 1.82) is 0 Å². The molecule has 17 heavy (non-hydrogen) atoms. The zero-order valence-corrected chi connectivity index (χ0v) is 10.5. The summed E-state index contributed by atoms with van der Waals surface area (Å²) >= 11 is 0. The summed E-state index contributed by atoms with van der Waals surface area (Å²) in [7, 11) is 0. The van der Waals surface area contributed by atoms with E-state index in [0.29, 0.717) is 0 Å². The summed E-state index contributed by atoms with van der Waals surface area (Å²) in [6.07, 6.45) is 1.33. The van der Waals surface area contributed by atoms with Crippen LogP contribution in [0.5, 0.6) is 0 Å². The van der Waals surface area contributed by atoms with E-state index in [4.69, 9.17) is 0 Å². The lowest BCUT2D eigenvalue weighted by molar-refractivity contribution is 0.354. The molecule has 3 rings (SSSR count). The van der Waals surface area contributed by atoms with Crippen LogP contribution in [0.1, 0.15) is 20.3 Å². The molecule has 2 atom stereocenters. The van der Waals surface area contributed by atoms with E-state index in [1.165, 1.54) is 6.42 Å². The Morgan fingerprint density at radius 2 is 1.88 bits per heavy atom. The van der Waals surface area contributed by atoms with Crippen LogP contribution in [0.15, 0.2) is 24.3 Å². The highest BCUT2D eigenvalue weighted by Crippen LogP contribution is 2.25. The SMILES string of the molecule is C[C@@H]1C[C@@H](C)CN(c2nc3ccccc3[nH]2)C1. The molecule has 3 heteroatoms. The third kappa shape index (κ3) is 2.02. The van der Waals surface area contributed by atoms with Gasteiger partial charge in [-0.15, -0.1) is 0 Å². The van der Waals surface area contributed by atoms with Crippen molar-refractivity contribution in [3.63, 3.8) is 0 Å². The fourth-order valence-electron chi connectivity index (χ4n) is 2.92. The molecule has 1 aliphatic heterocycles. The maximum absolute atomic E-state index is 4.68. The molecule has 3 nitrogen and oxygen atoms in total. The number of benzene rings is 1. The topological polar surface area (TPSA) is 31.9 Å². The Morgan fingerprint density at radius 1 is 1.18 bits per heavy atom. The van der Waals surface area contributed by atoms with Crippen molar-refractivity contribution in [2.45, 2.75) is 20.3 Å². The summed E-state index contributed by atoms with van der Waals surface area (Å²) in [6, 6.07) is 8.23. The number of aromatic amines is 1. The van der Waals surface area contributed by atoms with Crippen molar-refractivity contribution in [3.05, 3.63) is 24.3 Å².